The Labute approximate surface area is 57.0 Å². The molecule has 0 bridgehead atoms. The Balaban J connectivity index is 2.35. The quantitative estimate of drug-likeness (QED) is 0.518. The molecule has 0 aliphatic carbocycles. The average molecular weight is 128 g/mol. The molecule has 54 valence electrons. The van der Waals surface area contributed by atoms with Crippen molar-refractivity contribution < 1.29 is 0 Å². The van der Waals surface area contributed by atoms with E-state index in [1.807, 2.05) is 0 Å². The third-order valence-corrected chi connectivity index (χ3v) is 2.12. The van der Waals surface area contributed by atoms with Crippen LogP contribution in [-0.2, 0) is 0 Å². The predicted octanol–water partition coefficient (Wildman–Crippen LogP) is 0.633. The molecule has 2 nitrogen and oxygen atoms in total. The highest BCUT2D eigenvalue weighted by molar-refractivity contribution is 4.72. The lowest BCUT2D eigenvalue weighted by Crippen LogP contribution is -2.45. The van der Waals surface area contributed by atoms with Gasteiger partial charge in [0, 0.05) is 6.54 Å². The lowest BCUT2D eigenvalue weighted by Gasteiger charge is -2.33. The zero-order chi connectivity index (χ0) is 6.85. The molecule has 1 aliphatic rings. The Kier molecular flexibility index (Phi) is 2.09. The van der Waals surface area contributed by atoms with Gasteiger partial charge in [-0.15, -0.1) is 0 Å². The van der Waals surface area contributed by atoms with Gasteiger partial charge in [0.1, 0.15) is 0 Å². The molecule has 1 rings (SSSR count). The number of nitrogens with zero attached hydrogens (tertiary/aromatic N) is 1. The molecule has 0 aromatic heterocycles. The van der Waals surface area contributed by atoms with Crippen LogP contribution >= 0.6 is 0 Å². The van der Waals surface area contributed by atoms with Crippen molar-refractivity contribution in [1.82, 2.24) is 4.90 Å². The van der Waals surface area contributed by atoms with Gasteiger partial charge in [-0.05, 0) is 25.8 Å². The van der Waals surface area contributed by atoms with Crippen molar-refractivity contribution in [3.05, 3.63) is 0 Å². The van der Waals surface area contributed by atoms with Gasteiger partial charge in [-0.25, -0.2) is 0 Å². The fourth-order valence-corrected chi connectivity index (χ4v) is 1.39. The first kappa shape index (κ1) is 7.03. The summed E-state index contributed by atoms with van der Waals surface area (Å²) in [5, 5.41) is 0. The molecule has 0 saturated carbocycles. The van der Waals surface area contributed by atoms with E-state index < -0.39 is 0 Å². The topological polar surface area (TPSA) is 29.3 Å². The number of rotatable bonds is 0. The third kappa shape index (κ3) is 1.66. The molecule has 0 radical (unpaired) electrons. The van der Waals surface area contributed by atoms with Crippen LogP contribution < -0.4 is 5.73 Å². The fourth-order valence-electron chi connectivity index (χ4n) is 1.39. The lowest BCUT2D eigenvalue weighted by atomic mass is 9.99. The molecule has 0 unspecified atom stereocenters. The monoisotopic (exact) mass is 128 g/mol. The first-order valence-corrected chi connectivity index (χ1v) is 3.66. The maximum Gasteiger partial charge on any atom is 0.0569 e. The van der Waals surface area contributed by atoms with Crippen molar-refractivity contribution in [3.8, 4) is 0 Å². The van der Waals surface area contributed by atoms with Crippen molar-refractivity contribution in [1.29, 1.82) is 0 Å². The molecule has 0 aromatic rings. The number of hydrogen-bond donors (Lipinski definition) is 1. The zero-order valence-electron chi connectivity index (χ0n) is 6.30. The van der Waals surface area contributed by atoms with E-state index in [9.17, 15) is 0 Å². The molecule has 1 heterocycles. The summed E-state index contributed by atoms with van der Waals surface area (Å²) in [5.41, 5.74) is 5.77. The second-order valence-corrected chi connectivity index (χ2v) is 3.19. The summed E-state index contributed by atoms with van der Waals surface area (Å²) in [6.07, 6.45) is 2.78. The van der Waals surface area contributed by atoms with Crippen molar-refractivity contribution in [3.63, 3.8) is 0 Å². The maximum atomic E-state index is 5.77. The van der Waals surface area contributed by atoms with Crippen molar-refractivity contribution >= 4 is 0 Å². The van der Waals surface area contributed by atoms with E-state index in [0.29, 0.717) is 6.17 Å². The highest BCUT2D eigenvalue weighted by atomic mass is 15.2. The largest absolute Gasteiger partial charge is 0.316 e. The molecule has 2 heteroatoms. The van der Waals surface area contributed by atoms with Gasteiger partial charge in [0.15, 0.2) is 0 Å². The Bertz CT molecular complexity index is 92.9. The van der Waals surface area contributed by atoms with Gasteiger partial charge in [0.25, 0.3) is 0 Å². The summed E-state index contributed by atoms with van der Waals surface area (Å²) in [6, 6.07) is 0. The second-order valence-electron chi connectivity index (χ2n) is 3.19. The van der Waals surface area contributed by atoms with Gasteiger partial charge >= 0.3 is 0 Å². The van der Waals surface area contributed by atoms with Crippen molar-refractivity contribution in [2.24, 2.45) is 11.7 Å². The predicted molar refractivity (Wildman–Crippen MR) is 39.0 cm³/mol. The van der Waals surface area contributed by atoms with Gasteiger partial charge in [0.2, 0.25) is 0 Å². The van der Waals surface area contributed by atoms with E-state index in [4.69, 9.17) is 5.73 Å². The van der Waals surface area contributed by atoms with Crippen LogP contribution in [0, 0.1) is 5.92 Å². The molecule has 1 aliphatic heterocycles. The standard InChI is InChI=1S/C7H16N2/c1-6-3-4-7(8)9(2)5-6/h6-7H,3-5,8H2,1-2H3/t6-,7+/m0/s1. The average Bonchev–Trinajstić information content (AvgIpc) is 1.80. The molecule has 9 heavy (non-hydrogen) atoms. The summed E-state index contributed by atoms with van der Waals surface area (Å²) in [4.78, 5) is 2.23. The molecule has 1 fully saturated rings. The fraction of sp³-hybridized carbons (Fsp3) is 1.00. The lowest BCUT2D eigenvalue weighted by molar-refractivity contribution is 0.150. The van der Waals surface area contributed by atoms with Crippen LogP contribution in [0.25, 0.3) is 0 Å². The van der Waals surface area contributed by atoms with Gasteiger partial charge in [0.05, 0.1) is 6.17 Å². The normalized spacial score (nSPS) is 39.0. The smallest absolute Gasteiger partial charge is 0.0569 e. The van der Waals surface area contributed by atoms with E-state index in [0.717, 1.165) is 12.3 Å². The molecule has 2 atom stereocenters. The van der Waals surface area contributed by atoms with E-state index in [1.165, 1.54) is 13.0 Å². The first-order valence-electron chi connectivity index (χ1n) is 3.66. The van der Waals surface area contributed by atoms with Crippen LogP contribution in [0.4, 0.5) is 0 Å². The highest BCUT2D eigenvalue weighted by Gasteiger charge is 2.18. The molecule has 0 aromatic carbocycles. The van der Waals surface area contributed by atoms with E-state index in [2.05, 4.69) is 18.9 Å². The Morgan fingerprint density at radius 1 is 1.44 bits per heavy atom. The van der Waals surface area contributed by atoms with Gasteiger partial charge < -0.3 is 5.73 Å². The van der Waals surface area contributed by atoms with Crippen LogP contribution in [-0.4, -0.2) is 24.7 Å². The maximum absolute atomic E-state index is 5.77. The van der Waals surface area contributed by atoms with Gasteiger partial charge in [-0.3, -0.25) is 4.90 Å². The summed E-state index contributed by atoms with van der Waals surface area (Å²) in [6.45, 7) is 3.45. The van der Waals surface area contributed by atoms with Crippen molar-refractivity contribution in [2.45, 2.75) is 25.9 Å². The SMILES string of the molecule is C[C@H]1CC[C@H](N)N(C)C1. The minimum absolute atomic E-state index is 0.321. The van der Waals surface area contributed by atoms with Crippen LogP contribution in [0.1, 0.15) is 19.8 Å². The van der Waals surface area contributed by atoms with Crippen LogP contribution in [0.3, 0.4) is 0 Å². The molecule has 0 spiro atoms. The minimum Gasteiger partial charge on any atom is -0.316 e. The zero-order valence-corrected chi connectivity index (χ0v) is 6.30. The third-order valence-electron chi connectivity index (χ3n) is 2.12. The number of likely N-dealkylation sites (tertiary alicyclic amines) is 1. The summed E-state index contributed by atoms with van der Waals surface area (Å²) in [7, 11) is 2.10. The van der Waals surface area contributed by atoms with E-state index in [-0.39, 0.29) is 0 Å². The summed E-state index contributed by atoms with van der Waals surface area (Å²) < 4.78 is 0. The number of nitrogens with two attached hydrogens (primary N) is 1. The summed E-state index contributed by atoms with van der Waals surface area (Å²) >= 11 is 0. The first-order chi connectivity index (χ1) is 4.20. The molecule has 2 N–H and O–H groups in total. The minimum atomic E-state index is 0.321. The number of piperidine rings is 1. The van der Waals surface area contributed by atoms with E-state index in [1.54, 1.807) is 0 Å². The Morgan fingerprint density at radius 3 is 2.56 bits per heavy atom. The Morgan fingerprint density at radius 2 is 2.11 bits per heavy atom. The molecular formula is C7H16N2. The highest BCUT2D eigenvalue weighted by Crippen LogP contribution is 2.16. The van der Waals surface area contributed by atoms with Crippen LogP contribution in [0.2, 0.25) is 0 Å². The Hall–Kier alpha value is -0.0800. The van der Waals surface area contributed by atoms with Crippen LogP contribution in [0.15, 0.2) is 0 Å². The van der Waals surface area contributed by atoms with E-state index >= 15 is 0 Å². The van der Waals surface area contributed by atoms with Crippen molar-refractivity contribution in [2.75, 3.05) is 13.6 Å². The van der Waals surface area contributed by atoms with Gasteiger partial charge in [-0.1, -0.05) is 6.92 Å². The molecule has 0 amide bonds. The molecular weight excluding hydrogens is 112 g/mol. The summed E-state index contributed by atoms with van der Waals surface area (Å²) in [5.74, 6) is 0.842. The molecule has 1 saturated heterocycles. The van der Waals surface area contributed by atoms with Gasteiger partial charge in [-0.2, -0.15) is 0 Å². The number of hydrogen-bond acceptors (Lipinski definition) is 2. The van der Waals surface area contributed by atoms with Crippen LogP contribution in [0.5, 0.6) is 0 Å². The second kappa shape index (κ2) is 2.67.